The molecule has 0 aliphatic carbocycles. The fourth-order valence-electron chi connectivity index (χ4n) is 1.66. The first kappa shape index (κ1) is 13.4. The van der Waals surface area contributed by atoms with Gasteiger partial charge in [-0.2, -0.15) is 0 Å². The van der Waals surface area contributed by atoms with Gasteiger partial charge in [0.1, 0.15) is 0 Å². The first-order valence-corrected chi connectivity index (χ1v) is 6.62. The highest BCUT2D eigenvalue weighted by molar-refractivity contribution is 6.31. The van der Waals surface area contributed by atoms with Crippen molar-refractivity contribution < 1.29 is 0 Å². The summed E-state index contributed by atoms with van der Waals surface area (Å²) in [6, 6.07) is 6.15. The minimum atomic E-state index is 0.844. The van der Waals surface area contributed by atoms with Crippen molar-refractivity contribution in [1.82, 2.24) is 0 Å². The van der Waals surface area contributed by atoms with E-state index in [1.807, 2.05) is 13.0 Å². The Hall–Kier alpha value is -0.690. The smallest absolute Gasteiger partial charge is 0.0455 e. The number of hydrogen-bond acceptors (Lipinski definition) is 1. The van der Waals surface area contributed by atoms with E-state index in [0.29, 0.717) is 0 Å². The average molecular weight is 240 g/mol. The van der Waals surface area contributed by atoms with E-state index in [9.17, 15) is 0 Å². The Balaban J connectivity index is 2.19. The van der Waals surface area contributed by atoms with Gasteiger partial charge in [0, 0.05) is 17.3 Å². The first-order valence-electron chi connectivity index (χ1n) is 6.24. The Morgan fingerprint density at radius 2 is 1.88 bits per heavy atom. The van der Waals surface area contributed by atoms with Gasteiger partial charge in [-0.25, -0.2) is 0 Å². The van der Waals surface area contributed by atoms with Crippen molar-refractivity contribution in [2.24, 2.45) is 0 Å². The van der Waals surface area contributed by atoms with Crippen LogP contribution in [0.15, 0.2) is 18.2 Å². The van der Waals surface area contributed by atoms with Crippen LogP contribution in [0.5, 0.6) is 0 Å². The molecule has 1 nitrogen and oxygen atoms in total. The number of aryl methyl sites for hydroxylation is 1. The van der Waals surface area contributed by atoms with Gasteiger partial charge in [-0.05, 0) is 31.0 Å². The van der Waals surface area contributed by atoms with Crippen LogP contribution >= 0.6 is 11.6 Å². The van der Waals surface area contributed by atoms with Crippen LogP contribution in [0.2, 0.25) is 5.02 Å². The second-order valence-corrected chi connectivity index (χ2v) is 4.71. The molecule has 0 bridgehead atoms. The fourth-order valence-corrected chi connectivity index (χ4v) is 1.84. The predicted octanol–water partition coefficient (Wildman–Crippen LogP) is 5.03. The third-order valence-corrected chi connectivity index (χ3v) is 3.19. The van der Waals surface area contributed by atoms with E-state index in [1.54, 1.807) is 0 Å². The maximum Gasteiger partial charge on any atom is 0.0455 e. The average Bonchev–Trinajstić information content (AvgIpc) is 2.28. The lowest BCUT2D eigenvalue weighted by atomic mass is 10.1. The van der Waals surface area contributed by atoms with Crippen LogP contribution in [0.3, 0.4) is 0 Å². The molecule has 0 aliphatic heterocycles. The van der Waals surface area contributed by atoms with Gasteiger partial charge in [0.15, 0.2) is 0 Å². The number of hydrogen-bond donors (Lipinski definition) is 1. The Morgan fingerprint density at radius 1 is 1.12 bits per heavy atom. The van der Waals surface area contributed by atoms with Crippen LogP contribution in [-0.4, -0.2) is 6.54 Å². The number of nitrogens with one attached hydrogen (secondary N) is 1. The number of halogens is 1. The summed E-state index contributed by atoms with van der Waals surface area (Å²) in [5, 5.41) is 4.25. The van der Waals surface area contributed by atoms with E-state index < -0.39 is 0 Å². The van der Waals surface area contributed by atoms with Gasteiger partial charge in [-0.3, -0.25) is 0 Å². The van der Waals surface area contributed by atoms with Crippen molar-refractivity contribution in [2.75, 3.05) is 11.9 Å². The van der Waals surface area contributed by atoms with Crippen LogP contribution in [-0.2, 0) is 0 Å². The highest BCUT2D eigenvalue weighted by atomic mass is 35.5. The zero-order valence-corrected chi connectivity index (χ0v) is 11.1. The molecule has 0 fully saturated rings. The second kappa shape index (κ2) is 7.56. The molecular weight excluding hydrogens is 218 g/mol. The van der Waals surface area contributed by atoms with Gasteiger partial charge in [-0.1, -0.05) is 50.3 Å². The van der Waals surface area contributed by atoms with Gasteiger partial charge in [0.05, 0.1) is 0 Å². The largest absolute Gasteiger partial charge is 0.385 e. The molecule has 1 aromatic rings. The molecule has 1 aromatic carbocycles. The van der Waals surface area contributed by atoms with Gasteiger partial charge in [-0.15, -0.1) is 0 Å². The van der Waals surface area contributed by atoms with Crippen LogP contribution in [0.4, 0.5) is 5.69 Å². The molecule has 2 heteroatoms. The van der Waals surface area contributed by atoms with E-state index in [0.717, 1.165) is 22.8 Å². The summed E-state index contributed by atoms with van der Waals surface area (Å²) in [5.74, 6) is 0. The van der Waals surface area contributed by atoms with E-state index in [1.165, 1.54) is 32.1 Å². The normalized spacial score (nSPS) is 10.4. The summed E-state index contributed by atoms with van der Waals surface area (Å²) in [6.45, 7) is 5.31. The molecule has 0 aromatic heterocycles. The zero-order valence-electron chi connectivity index (χ0n) is 10.4. The highest BCUT2D eigenvalue weighted by Crippen LogP contribution is 2.19. The lowest BCUT2D eigenvalue weighted by Crippen LogP contribution is -2.01. The van der Waals surface area contributed by atoms with Gasteiger partial charge in [0.25, 0.3) is 0 Å². The van der Waals surface area contributed by atoms with Crippen LogP contribution in [0.25, 0.3) is 0 Å². The summed E-state index contributed by atoms with van der Waals surface area (Å²) in [5.41, 5.74) is 2.27. The van der Waals surface area contributed by atoms with E-state index in [4.69, 9.17) is 11.6 Å². The molecule has 1 rings (SSSR count). The van der Waals surface area contributed by atoms with Crippen LogP contribution in [0, 0.1) is 6.92 Å². The molecule has 0 heterocycles. The monoisotopic (exact) mass is 239 g/mol. The summed E-state index contributed by atoms with van der Waals surface area (Å²) < 4.78 is 0. The van der Waals surface area contributed by atoms with Gasteiger partial charge in [0.2, 0.25) is 0 Å². The Kier molecular flexibility index (Phi) is 6.32. The molecule has 0 saturated carbocycles. The van der Waals surface area contributed by atoms with E-state index in [2.05, 4.69) is 24.4 Å². The molecule has 16 heavy (non-hydrogen) atoms. The summed E-state index contributed by atoms with van der Waals surface area (Å²) in [6.07, 6.45) is 6.58. The van der Waals surface area contributed by atoms with Crippen molar-refractivity contribution in [1.29, 1.82) is 0 Å². The number of unbranched alkanes of at least 4 members (excludes halogenated alkanes) is 4. The third kappa shape index (κ3) is 4.89. The van der Waals surface area contributed by atoms with Gasteiger partial charge < -0.3 is 5.32 Å². The molecule has 0 saturated heterocycles. The van der Waals surface area contributed by atoms with Crippen molar-refractivity contribution in [3.8, 4) is 0 Å². The number of rotatable bonds is 7. The second-order valence-electron chi connectivity index (χ2n) is 4.30. The first-order chi connectivity index (χ1) is 7.74. The van der Waals surface area contributed by atoms with Crippen molar-refractivity contribution in [2.45, 2.75) is 46.0 Å². The SMILES string of the molecule is CCCCCCCNc1ccc(C)c(Cl)c1. The molecule has 0 spiro atoms. The minimum absolute atomic E-state index is 0.844. The summed E-state index contributed by atoms with van der Waals surface area (Å²) in [7, 11) is 0. The fraction of sp³-hybridized carbons (Fsp3) is 0.571. The summed E-state index contributed by atoms with van der Waals surface area (Å²) in [4.78, 5) is 0. The zero-order chi connectivity index (χ0) is 11.8. The topological polar surface area (TPSA) is 12.0 Å². The van der Waals surface area contributed by atoms with Gasteiger partial charge >= 0.3 is 0 Å². The van der Waals surface area contributed by atoms with Crippen molar-refractivity contribution in [3.05, 3.63) is 28.8 Å². The van der Waals surface area contributed by atoms with Crippen molar-refractivity contribution >= 4 is 17.3 Å². The van der Waals surface area contributed by atoms with E-state index in [-0.39, 0.29) is 0 Å². The molecule has 0 atom stereocenters. The van der Waals surface area contributed by atoms with Crippen LogP contribution < -0.4 is 5.32 Å². The Labute approximate surface area is 104 Å². The quantitative estimate of drug-likeness (QED) is 0.658. The highest BCUT2D eigenvalue weighted by Gasteiger charge is 1.97. The maximum absolute atomic E-state index is 6.06. The molecular formula is C14H22ClN. The Bertz CT molecular complexity index is 310. The molecule has 90 valence electrons. The minimum Gasteiger partial charge on any atom is -0.385 e. The van der Waals surface area contributed by atoms with Crippen LogP contribution in [0.1, 0.15) is 44.6 Å². The molecule has 0 unspecified atom stereocenters. The standard InChI is InChI=1S/C14H22ClN/c1-3-4-5-6-7-10-16-13-9-8-12(2)14(15)11-13/h8-9,11,16H,3-7,10H2,1-2H3. The molecule has 0 amide bonds. The third-order valence-electron chi connectivity index (χ3n) is 2.78. The predicted molar refractivity (Wildman–Crippen MR) is 73.4 cm³/mol. The summed E-state index contributed by atoms with van der Waals surface area (Å²) >= 11 is 6.06. The number of anilines is 1. The maximum atomic E-state index is 6.06. The number of benzene rings is 1. The molecule has 0 aliphatic rings. The van der Waals surface area contributed by atoms with Crippen molar-refractivity contribution in [3.63, 3.8) is 0 Å². The lowest BCUT2D eigenvalue weighted by Gasteiger charge is -2.07. The Morgan fingerprint density at radius 3 is 2.56 bits per heavy atom. The van der Waals surface area contributed by atoms with E-state index >= 15 is 0 Å². The lowest BCUT2D eigenvalue weighted by molar-refractivity contribution is 0.645. The molecule has 1 N–H and O–H groups in total. The molecule has 0 radical (unpaired) electrons.